The lowest BCUT2D eigenvalue weighted by Gasteiger charge is -2.08. The Hall–Kier alpha value is -3.32. The van der Waals surface area contributed by atoms with Crippen molar-refractivity contribution in [2.75, 3.05) is 20.2 Å². The molecule has 7 nitrogen and oxygen atoms in total. The van der Waals surface area contributed by atoms with Gasteiger partial charge in [-0.2, -0.15) is 0 Å². The number of rotatable bonds is 3. The van der Waals surface area contributed by atoms with Crippen molar-refractivity contribution in [1.82, 2.24) is 29.2 Å². The summed E-state index contributed by atoms with van der Waals surface area (Å²) in [4.78, 5) is 12.9. The number of aryl methyl sites for hydroxylation is 1. The minimum Gasteiger partial charge on any atom is -0.497 e. The molecular weight excluding hydrogens is 364 g/mol. The molecule has 0 bridgehead atoms. The Morgan fingerprint density at radius 1 is 1.14 bits per heavy atom. The fourth-order valence-corrected chi connectivity index (χ4v) is 4.59. The molecule has 4 aromatic heterocycles. The maximum Gasteiger partial charge on any atom is 0.154 e. The molecule has 2 N–H and O–H groups in total. The van der Waals surface area contributed by atoms with E-state index in [2.05, 4.69) is 55.7 Å². The molecule has 1 aliphatic rings. The smallest absolute Gasteiger partial charge is 0.154 e. The van der Waals surface area contributed by atoms with E-state index in [0.29, 0.717) is 5.92 Å². The van der Waals surface area contributed by atoms with Crippen LogP contribution in [0.3, 0.4) is 0 Å². The van der Waals surface area contributed by atoms with E-state index < -0.39 is 0 Å². The van der Waals surface area contributed by atoms with Gasteiger partial charge in [0.15, 0.2) is 5.65 Å². The second-order valence-electron chi connectivity index (χ2n) is 7.78. The number of nitrogens with one attached hydrogen (secondary N) is 2. The first-order valence-electron chi connectivity index (χ1n) is 9.92. The minimum atomic E-state index is 0.434. The molecule has 1 atom stereocenters. The average molecular weight is 386 g/mol. The lowest BCUT2D eigenvalue weighted by molar-refractivity contribution is 0.415. The van der Waals surface area contributed by atoms with Gasteiger partial charge in [-0.05, 0) is 37.2 Å². The SMILES string of the molecule is COc1ccc2c(c1)c(-c1cc3c(ncc4cnc([C@@H]5CCNC5)n43)[nH]1)cn2C. The Balaban J connectivity index is 1.59. The van der Waals surface area contributed by atoms with Gasteiger partial charge in [-0.3, -0.25) is 4.40 Å². The molecule has 6 rings (SSSR count). The number of aromatic amines is 1. The van der Waals surface area contributed by atoms with E-state index in [4.69, 9.17) is 9.72 Å². The third-order valence-electron chi connectivity index (χ3n) is 6.07. The normalized spacial score (nSPS) is 17.1. The number of aromatic nitrogens is 5. The number of nitrogens with zero attached hydrogens (tertiary/aromatic N) is 4. The summed E-state index contributed by atoms with van der Waals surface area (Å²) in [5.74, 6) is 2.40. The zero-order chi connectivity index (χ0) is 19.5. The number of H-pyrrole nitrogens is 1. The van der Waals surface area contributed by atoms with Crippen molar-refractivity contribution in [3.05, 3.63) is 48.7 Å². The van der Waals surface area contributed by atoms with Gasteiger partial charge >= 0.3 is 0 Å². The van der Waals surface area contributed by atoms with E-state index >= 15 is 0 Å². The van der Waals surface area contributed by atoms with Gasteiger partial charge in [-0.1, -0.05) is 0 Å². The molecule has 1 saturated heterocycles. The van der Waals surface area contributed by atoms with Crippen molar-refractivity contribution in [2.45, 2.75) is 12.3 Å². The highest BCUT2D eigenvalue weighted by molar-refractivity contribution is 5.98. The summed E-state index contributed by atoms with van der Waals surface area (Å²) in [6, 6.07) is 8.37. The van der Waals surface area contributed by atoms with Crippen molar-refractivity contribution >= 4 is 27.6 Å². The average Bonchev–Trinajstić information content (AvgIpc) is 3.51. The number of imidazole rings is 1. The van der Waals surface area contributed by atoms with Crippen molar-refractivity contribution in [2.24, 2.45) is 7.05 Å². The number of fused-ring (bicyclic) bond motifs is 4. The molecule has 0 amide bonds. The first-order chi connectivity index (χ1) is 14.2. The second-order valence-corrected chi connectivity index (χ2v) is 7.78. The van der Waals surface area contributed by atoms with Gasteiger partial charge in [0.1, 0.15) is 11.6 Å². The Kier molecular flexibility index (Phi) is 3.49. The highest BCUT2D eigenvalue weighted by atomic mass is 16.5. The maximum atomic E-state index is 5.45. The van der Waals surface area contributed by atoms with Gasteiger partial charge in [0.2, 0.25) is 0 Å². The Morgan fingerprint density at radius 3 is 2.86 bits per heavy atom. The Morgan fingerprint density at radius 2 is 2.03 bits per heavy atom. The summed E-state index contributed by atoms with van der Waals surface area (Å²) < 4.78 is 9.85. The monoisotopic (exact) mass is 386 g/mol. The van der Waals surface area contributed by atoms with Crippen molar-refractivity contribution in [1.29, 1.82) is 0 Å². The van der Waals surface area contributed by atoms with Gasteiger partial charge in [-0.25, -0.2) is 9.97 Å². The summed E-state index contributed by atoms with van der Waals surface area (Å²) in [5, 5.41) is 4.60. The van der Waals surface area contributed by atoms with Crippen LogP contribution in [0.5, 0.6) is 5.75 Å². The van der Waals surface area contributed by atoms with Gasteiger partial charge < -0.3 is 19.6 Å². The van der Waals surface area contributed by atoms with Crippen molar-refractivity contribution < 1.29 is 4.74 Å². The van der Waals surface area contributed by atoms with Crippen LogP contribution in [-0.2, 0) is 7.05 Å². The lowest BCUT2D eigenvalue weighted by atomic mass is 10.1. The number of ether oxygens (including phenoxy) is 1. The van der Waals surface area contributed by atoms with Gasteiger partial charge in [0.25, 0.3) is 0 Å². The molecule has 1 fully saturated rings. The number of hydrogen-bond acceptors (Lipinski definition) is 4. The van der Waals surface area contributed by atoms with Crippen molar-refractivity contribution in [3.63, 3.8) is 0 Å². The van der Waals surface area contributed by atoms with E-state index in [1.54, 1.807) is 7.11 Å². The lowest BCUT2D eigenvalue weighted by Crippen LogP contribution is -2.10. The second kappa shape index (κ2) is 6.09. The fourth-order valence-electron chi connectivity index (χ4n) is 4.59. The van der Waals surface area contributed by atoms with E-state index in [1.807, 2.05) is 18.5 Å². The van der Waals surface area contributed by atoms with Crippen LogP contribution in [0.4, 0.5) is 0 Å². The Bertz CT molecular complexity index is 1370. The van der Waals surface area contributed by atoms with Crippen molar-refractivity contribution in [3.8, 4) is 17.0 Å². The molecule has 0 radical (unpaired) electrons. The topological polar surface area (TPSA) is 72.2 Å². The van der Waals surface area contributed by atoms with E-state index in [9.17, 15) is 0 Å². The molecule has 1 aromatic carbocycles. The number of hydrogen-bond donors (Lipinski definition) is 2. The Labute approximate surface area is 167 Å². The molecule has 0 spiro atoms. The summed E-state index contributed by atoms with van der Waals surface area (Å²) >= 11 is 0. The van der Waals surface area contributed by atoms with Crippen LogP contribution in [-0.4, -0.2) is 44.1 Å². The molecule has 0 saturated carbocycles. The molecule has 29 heavy (non-hydrogen) atoms. The largest absolute Gasteiger partial charge is 0.497 e. The summed E-state index contributed by atoms with van der Waals surface area (Å²) in [6.07, 6.45) is 7.09. The third kappa shape index (κ3) is 2.40. The summed E-state index contributed by atoms with van der Waals surface area (Å²) in [7, 11) is 3.77. The van der Waals surface area contributed by atoms with E-state index in [0.717, 1.165) is 69.9 Å². The molecule has 0 unspecified atom stereocenters. The standard InChI is InChI=1S/C22H22N6O/c1-27-12-17(16-7-15(29-2)3-4-19(16)27)18-8-20-21(26-18)24-10-14-11-25-22(28(14)20)13-5-6-23-9-13/h3-4,7-8,10-13,23,26H,5-6,9H2,1-2H3/t13-/m1/s1. The third-order valence-corrected chi connectivity index (χ3v) is 6.07. The van der Waals surface area contributed by atoms with Crippen LogP contribution < -0.4 is 10.1 Å². The summed E-state index contributed by atoms with van der Waals surface area (Å²) in [5.41, 5.74) is 6.32. The summed E-state index contributed by atoms with van der Waals surface area (Å²) in [6.45, 7) is 2.02. The molecular formula is C22H22N6O. The zero-order valence-electron chi connectivity index (χ0n) is 16.4. The molecule has 7 heteroatoms. The van der Waals surface area contributed by atoms with Gasteiger partial charge in [0, 0.05) is 42.2 Å². The quantitative estimate of drug-likeness (QED) is 0.498. The van der Waals surface area contributed by atoms with Crippen LogP contribution in [0, 0.1) is 0 Å². The van der Waals surface area contributed by atoms with E-state index in [1.165, 1.54) is 0 Å². The van der Waals surface area contributed by atoms with Gasteiger partial charge in [0.05, 0.1) is 36.2 Å². The van der Waals surface area contributed by atoms with Crippen LogP contribution in [0.15, 0.2) is 42.9 Å². The molecule has 0 aliphatic carbocycles. The van der Waals surface area contributed by atoms with Gasteiger partial charge in [-0.15, -0.1) is 0 Å². The predicted octanol–water partition coefficient (Wildman–Crippen LogP) is 3.45. The molecule has 1 aliphatic heterocycles. The molecule has 5 aromatic rings. The van der Waals surface area contributed by atoms with Crippen LogP contribution in [0.25, 0.3) is 38.8 Å². The highest BCUT2D eigenvalue weighted by Crippen LogP contribution is 2.34. The molecule has 146 valence electrons. The highest BCUT2D eigenvalue weighted by Gasteiger charge is 2.23. The first-order valence-corrected chi connectivity index (χ1v) is 9.92. The van der Waals surface area contributed by atoms with Crippen LogP contribution in [0.1, 0.15) is 18.2 Å². The first kappa shape index (κ1) is 16.6. The minimum absolute atomic E-state index is 0.434. The van der Waals surface area contributed by atoms with Crippen LogP contribution in [0.2, 0.25) is 0 Å². The predicted molar refractivity (Wildman–Crippen MR) is 114 cm³/mol. The van der Waals surface area contributed by atoms with Crippen LogP contribution >= 0.6 is 0 Å². The number of methoxy groups -OCH3 is 1. The molecule has 5 heterocycles. The van der Waals surface area contributed by atoms with E-state index in [-0.39, 0.29) is 0 Å². The fraction of sp³-hybridized carbons (Fsp3) is 0.273. The number of benzene rings is 1. The maximum absolute atomic E-state index is 5.45. The zero-order valence-corrected chi connectivity index (χ0v) is 16.4.